The lowest BCUT2D eigenvalue weighted by atomic mass is 10.1. The third-order valence-corrected chi connectivity index (χ3v) is 5.93. The Hall–Kier alpha value is -1.88. The van der Waals surface area contributed by atoms with E-state index in [9.17, 15) is 0 Å². The zero-order valence-corrected chi connectivity index (χ0v) is 18.4. The minimum atomic E-state index is 0. The standard InChI is InChI=1S/C24H32N4.ClH/c1-19(2)28-17-15-27(16-18-28)14-8-7-13-25-24-20-9-3-5-11-22(20)26-23-12-6-4-10-21(23)24;/h3-6,9-12,19H,7-8,13-18H2,1-2H3,(H,25,26);1H. The van der Waals surface area contributed by atoms with Gasteiger partial charge in [-0.3, -0.25) is 4.90 Å². The maximum absolute atomic E-state index is 4.81. The van der Waals surface area contributed by atoms with Gasteiger partial charge in [0.1, 0.15) is 0 Å². The predicted octanol–water partition coefficient (Wildman–Crippen LogP) is 5.03. The van der Waals surface area contributed by atoms with Crippen molar-refractivity contribution in [1.29, 1.82) is 0 Å². The van der Waals surface area contributed by atoms with Crippen LogP contribution >= 0.6 is 12.4 Å². The van der Waals surface area contributed by atoms with Crippen LogP contribution in [-0.4, -0.2) is 60.1 Å². The number of benzene rings is 2. The van der Waals surface area contributed by atoms with Gasteiger partial charge in [-0.25, -0.2) is 4.98 Å². The number of unbranched alkanes of at least 4 members (excludes halogenated alkanes) is 1. The van der Waals surface area contributed by atoms with E-state index in [2.05, 4.69) is 77.5 Å². The lowest BCUT2D eigenvalue weighted by molar-refractivity contribution is 0.107. The van der Waals surface area contributed by atoms with Gasteiger partial charge in [0.05, 0.1) is 16.7 Å². The average Bonchev–Trinajstić information content (AvgIpc) is 2.73. The SMILES string of the molecule is CC(C)N1CCN(CCCCNc2c3ccccc3nc3ccccc23)CC1.Cl. The van der Waals surface area contributed by atoms with Gasteiger partial charge in [-0.2, -0.15) is 0 Å². The van der Waals surface area contributed by atoms with Crippen LogP contribution in [0.1, 0.15) is 26.7 Å². The second-order valence-electron chi connectivity index (χ2n) is 8.13. The van der Waals surface area contributed by atoms with Gasteiger partial charge in [-0.05, 0) is 45.4 Å². The summed E-state index contributed by atoms with van der Waals surface area (Å²) in [6.45, 7) is 11.7. The van der Waals surface area contributed by atoms with Crippen molar-refractivity contribution in [2.75, 3.05) is 44.6 Å². The summed E-state index contributed by atoms with van der Waals surface area (Å²) in [4.78, 5) is 10.0. The molecular formula is C24H33ClN4. The lowest BCUT2D eigenvalue weighted by Crippen LogP contribution is -2.48. The largest absolute Gasteiger partial charge is 0.384 e. The molecule has 1 aliphatic rings. The molecule has 5 heteroatoms. The Morgan fingerprint density at radius 3 is 2.03 bits per heavy atom. The summed E-state index contributed by atoms with van der Waals surface area (Å²) >= 11 is 0. The fourth-order valence-electron chi connectivity index (χ4n) is 4.21. The van der Waals surface area contributed by atoms with E-state index in [4.69, 9.17) is 4.98 Å². The number of hydrogen-bond donors (Lipinski definition) is 1. The Labute approximate surface area is 180 Å². The van der Waals surface area contributed by atoms with Crippen LogP contribution in [0, 0.1) is 0 Å². The fourth-order valence-corrected chi connectivity index (χ4v) is 4.21. The maximum Gasteiger partial charge on any atom is 0.0730 e. The average molecular weight is 413 g/mol. The normalized spacial score (nSPS) is 15.7. The van der Waals surface area contributed by atoms with Crippen molar-refractivity contribution in [2.24, 2.45) is 0 Å². The molecule has 0 atom stereocenters. The Balaban J connectivity index is 0.00000240. The monoisotopic (exact) mass is 412 g/mol. The Morgan fingerprint density at radius 1 is 0.862 bits per heavy atom. The van der Waals surface area contributed by atoms with Crippen molar-refractivity contribution in [3.8, 4) is 0 Å². The van der Waals surface area contributed by atoms with Crippen LogP contribution in [0.4, 0.5) is 5.69 Å². The van der Waals surface area contributed by atoms with Crippen LogP contribution in [0.3, 0.4) is 0 Å². The number of nitrogens with zero attached hydrogens (tertiary/aromatic N) is 3. The van der Waals surface area contributed by atoms with Crippen molar-refractivity contribution < 1.29 is 0 Å². The molecule has 29 heavy (non-hydrogen) atoms. The molecular weight excluding hydrogens is 380 g/mol. The molecule has 2 aromatic carbocycles. The summed E-state index contributed by atoms with van der Waals surface area (Å²) in [5, 5.41) is 6.15. The summed E-state index contributed by atoms with van der Waals surface area (Å²) < 4.78 is 0. The van der Waals surface area contributed by atoms with E-state index < -0.39 is 0 Å². The van der Waals surface area contributed by atoms with Crippen LogP contribution in [0.15, 0.2) is 48.5 Å². The Kier molecular flexibility index (Phi) is 7.70. The molecule has 0 saturated carbocycles. The third-order valence-electron chi connectivity index (χ3n) is 5.93. The molecule has 0 aliphatic carbocycles. The van der Waals surface area contributed by atoms with E-state index in [1.54, 1.807) is 0 Å². The van der Waals surface area contributed by atoms with Crippen molar-refractivity contribution in [1.82, 2.24) is 14.8 Å². The number of piperazine rings is 1. The second kappa shape index (κ2) is 10.2. The van der Waals surface area contributed by atoms with Gasteiger partial charge in [-0.15, -0.1) is 12.4 Å². The number of nitrogens with one attached hydrogen (secondary N) is 1. The zero-order valence-electron chi connectivity index (χ0n) is 17.6. The number of para-hydroxylation sites is 2. The van der Waals surface area contributed by atoms with Gasteiger partial charge in [0.2, 0.25) is 0 Å². The molecule has 1 saturated heterocycles. The maximum atomic E-state index is 4.81. The number of pyridine rings is 1. The van der Waals surface area contributed by atoms with Gasteiger partial charge in [0.25, 0.3) is 0 Å². The molecule has 0 bridgehead atoms. The molecule has 0 amide bonds. The number of hydrogen-bond acceptors (Lipinski definition) is 4. The number of aromatic nitrogens is 1. The van der Waals surface area contributed by atoms with E-state index >= 15 is 0 Å². The minimum Gasteiger partial charge on any atom is -0.384 e. The van der Waals surface area contributed by atoms with Crippen molar-refractivity contribution in [3.63, 3.8) is 0 Å². The van der Waals surface area contributed by atoms with Crippen LogP contribution in [0.2, 0.25) is 0 Å². The van der Waals surface area contributed by atoms with E-state index in [0.29, 0.717) is 6.04 Å². The molecule has 3 aromatic rings. The first kappa shape index (κ1) is 21.8. The summed E-state index contributed by atoms with van der Waals surface area (Å²) in [6, 6.07) is 17.5. The highest BCUT2D eigenvalue weighted by atomic mass is 35.5. The summed E-state index contributed by atoms with van der Waals surface area (Å²) in [7, 11) is 0. The van der Waals surface area contributed by atoms with Crippen LogP contribution in [0.5, 0.6) is 0 Å². The summed E-state index contributed by atoms with van der Waals surface area (Å²) in [5.74, 6) is 0. The number of rotatable bonds is 7. The summed E-state index contributed by atoms with van der Waals surface area (Å²) in [6.07, 6.45) is 2.44. The first-order valence-electron chi connectivity index (χ1n) is 10.7. The van der Waals surface area contributed by atoms with Crippen molar-refractivity contribution >= 4 is 39.9 Å². The molecule has 156 valence electrons. The van der Waals surface area contributed by atoms with Gasteiger partial charge < -0.3 is 10.2 Å². The topological polar surface area (TPSA) is 31.4 Å². The highest BCUT2D eigenvalue weighted by Crippen LogP contribution is 2.30. The number of anilines is 1. The molecule has 4 rings (SSSR count). The number of fused-ring (bicyclic) bond motifs is 2. The molecule has 1 fully saturated rings. The third kappa shape index (κ3) is 5.19. The predicted molar refractivity (Wildman–Crippen MR) is 127 cm³/mol. The van der Waals surface area contributed by atoms with Gasteiger partial charge in [0, 0.05) is 49.5 Å². The van der Waals surface area contributed by atoms with Crippen molar-refractivity contribution in [2.45, 2.75) is 32.7 Å². The highest BCUT2D eigenvalue weighted by molar-refractivity contribution is 6.07. The molecule has 2 heterocycles. The van der Waals surface area contributed by atoms with E-state index in [1.807, 2.05) is 0 Å². The second-order valence-corrected chi connectivity index (χ2v) is 8.13. The quantitative estimate of drug-likeness (QED) is 0.435. The van der Waals surface area contributed by atoms with Gasteiger partial charge >= 0.3 is 0 Å². The minimum absolute atomic E-state index is 0. The first-order valence-corrected chi connectivity index (χ1v) is 10.7. The molecule has 0 radical (unpaired) electrons. The van der Waals surface area contributed by atoms with Crippen LogP contribution < -0.4 is 5.32 Å². The summed E-state index contributed by atoms with van der Waals surface area (Å²) in [5.41, 5.74) is 3.35. The van der Waals surface area contributed by atoms with Gasteiger partial charge in [-0.1, -0.05) is 36.4 Å². The molecule has 1 aromatic heterocycles. The van der Waals surface area contributed by atoms with E-state index in [-0.39, 0.29) is 12.4 Å². The zero-order chi connectivity index (χ0) is 19.3. The fraction of sp³-hybridized carbons (Fsp3) is 0.458. The molecule has 1 N–H and O–H groups in total. The molecule has 0 spiro atoms. The van der Waals surface area contributed by atoms with E-state index in [0.717, 1.165) is 17.6 Å². The van der Waals surface area contributed by atoms with Crippen LogP contribution in [0.25, 0.3) is 21.8 Å². The van der Waals surface area contributed by atoms with Crippen LogP contribution in [-0.2, 0) is 0 Å². The number of halogens is 1. The molecule has 0 unspecified atom stereocenters. The van der Waals surface area contributed by atoms with Gasteiger partial charge in [0.15, 0.2) is 0 Å². The highest BCUT2D eigenvalue weighted by Gasteiger charge is 2.18. The molecule has 4 nitrogen and oxygen atoms in total. The smallest absolute Gasteiger partial charge is 0.0730 e. The molecule has 1 aliphatic heterocycles. The Bertz CT molecular complexity index is 865. The Morgan fingerprint density at radius 2 is 1.45 bits per heavy atom. The van der Waals surface area contributed by atoms with E-state index in [1.165, 1.54) is 62.0 Å². The van der Waals surface area contributed by atoms with Crippen molar-refractivity contribution in [3.05, 3.63) is 48.5 Å². The lowest BCUT2D eigenvalue weighted by Gasteiger charge is -2.36. The first-order chi connectivity index (χ1) is 13.7.